The number of carbonyl (C=O) groups excluding carboxylic acids is 2. The van der Waals surface area contributed by atoms with Crippen molar-refractivity contribution in [2.24, 2.45) is 0 Å². The maximum Gasteiger partial charge on any atom is 2.00 e. The van der Waals surface area contributed by atoms with Crippen LogP contribution < -0.4 is 10.2 Å². The first-order valence-corrected chi connectivity index (χ1v) is 3.36. The quantitative estimate of drug-likeness (QED) is 0.392. The van der Waals surface area contributed by atoms with Gasteiger partial charge in [0.15, 0.2) is 0 Å². The number of carboxylic acid groups (broad SMARTS) is 2. The molecule has 0 aliphatic heterocycles. The monoisotopic (exact) mass is 269 g/mol. The average Bonchev–Trinajstić information content (AvgIpc) is 2.15. The number of carboxylic acids is 2. The van der Waals surface area contributed by atoms with Gasteiger partial charge in [-0.2, -0.15) is 0 Å². The molecule has 0 bridgehead atoms. The number of aliphatic hydroxyl groups excluding tert-OH is 4. The molecule has 9 heteroatoms. The van der Waals surface area contributed by atoms with E-state index in [2.05, 4.69) is 0 Å². The van der Waals surface area contributed by atoms with Gasteiger partial charge in [-0.3, -0.25) is 0 Å². The Hall–Kier alpha value is -0.714. The number of hydrogen-bond donors (Lipinski definition) is 4. The van der Waals surface area contributed by atoms with E-state index >= 15 is 0 Å². The first kappa shape index (κ1) is 19.8. The van der Waals surface area contributed by atoms with Crippen molar-refractivity contribution in [1.29, 1.82) is 0 Å². The summed E-state index contributed by atoms with van der Waals surface area (Å²) in [6, 6.07) is 0. The summed E-state index contributed by atoms with van der Waals surface area (Å²) in [7, 11) is 0. The number of aliphatic hydroxyl groups is 4. The van der Waals surface area contributed by atoms with Crippen LogP contribution in [0.3, 0.4) is 0 Å². The fourth-order valence-corrected chi connectivity index (χ4v) is 0.149. The molecule has 4 N–H and O–H groups in total. The Morgan fingerprint density at radius 3 is 1.13 bits per heavy atom. The second-order valence-electron chi connectivity index (χ2n) is 2.03. The SMILES string of the molecule is O=C([O-])C(O)CO.O=C([O-])C(O)CO.[Co+2]. The topological polar surface area (TPSA) is 161 Å². The van der Waals surface area contributed by atoms with E-state index in [1.54, 1.807) is 0 Å². The van der Waals surface area contributed by atoms with Crippen molar-refractivity contribution >= 4 is 11.9 Å². The summed E-state index contributed by atoms with van der Waals surface area (Å²) in [6.45, 7) is -1.58. The van der Waals surface area contributed by atoms with Crippen LogP contribution in [0.4, 0.5) is 0 Å². The van der Waals surface area contributed by atoms with Crippen LogP contribution in [-0.2, 0) is 26.4 Å². The van der Waals surface area contributed by atoms with Gasteiger partial charge >= 0.3 is 16.8 Å². The summed E-state index contributed by atoms with van der Waals surface area (Å²) in [5.74, 6) is -3.30. The minimum absolute atomic E-state index is 0. The van der Waals surface area contributed by atoms with Gasteiger partial charge < -0.3 is 40.2 Å². The van der Waals surface area contributed by atoms with Crippen molar-refractivity contribution in [3.63, 3.8) is 0 Å². The summed E-state index contributed by atoms with van der Waals surface area (Å²) in [5.41, 5.74) is 0. The number of carbonyl (C=O) groups is 2. The van der Waals surface area contributed by atoms with Gasteiger partial charge in [0.05, 0.1) is 25.2 Å². The van der Waals surface area contributed by atoms with Crippen LogP contribution >= 0.6 is 0 Å². The summed E-state index contributed by atoms with van der Waals surface area (Å²) in [6.07, 6.45) is -3.47. The second kappa shape index (κ2) is 11.4. The second-order valence-corrected chi connectivity index (χ2v) is 2.03. The van der Waals surface area contributed by atoms with E-state index in [0.29, 0.717) is 0 Å². The molecule has 0 saturated heterocycles. The van der Waals surface area contributed by atoms with Crippen LogP contribution in [0.25, 0.3) is 0 Å². The fourth-order valence-electron chi connectivity index (χ4n) is 0.149. The Labute approximate surface area is 95.0 Å². The Morgan fingerprint density at radius 2 is 1.13 bits per heavy atom. The van der Waals surface area contributed by atoms with Gasteiger partial charge in [-0.1, -0.05) is 0 Å². The van der Waals surface area contributed by atoms with Gasteiger partial charge in [-0.25, -0.2) is 0 Å². The molecule has 0 aliphatic rings. The minimum atomic E-state index is -1.74. The van der Waals surface area contributed by atoms with Crippen molar-refractivity contribution < 1.29 is 57.0 Å². The summed E-state index contributed by atoms with van der Waals surface area (Å²) >= 11 is 0. The van der Waals surface area contributed by atoms with Crippen molar-refractivity contribution in [3.8, 4) is 0 Å². The molecule has 2 atom stereocenters. The van der Waals surface area contributed by atoms with Gasteiger partial charge in [0.1, 0.15) is 12.2 Å². The van der Waals surface area contributed by atoms with Gasteiger partial charge in [0.25, 0.3) is 0 Å². The average molecular weight is 269 g/mol. The van der Waals surface area contributed by atoms with E-state index in [9.17, 15) is 19.8 Å². The molecule has 1 radical (unpaired) electrons. The maximum absolute atomic E-state index is 9.41. The van der Waals surface area contributed by atoms with E-state index in [1.165, 1.54) is 0 Å². The smallest absolute Gasteiger partial charge is 0.547 e. The van der Waals surface area contributed by atoms with E-state index in [4.69, 9.17) is 20.4 Å². The van der Waals surface area contributed by atoms with Crippen LogP contribution in [0.1, 0.15) is 0 Å². The van der Waals surface area contributed by atoms with E-state index in [1.807, 2.05) is 0 Å². The molecular formula is C6H10CoO8. The zero-order chi connectivity index (χ0) is 11.7. The molecule has 2 unspecified atom stereocenters. The molecule has 0 saturated carbocycles. The van der Waals surface area contributed by atoms with E-state index in [0.717, 1.165) is 0 Å². The van der Waals surface area contributed by atoms with E-state index < -0.39 is 37.4 Å². The molecule has 0 rings (SSSR count). The molecule has 0 fully saturated rings. The predicted molar refractivity (Wildman–Crippen MR) is 36.2 cm³/mol. The van der Waals surface area contributed by atoms with Crippen LogP contribution in [0.2, 0.25) is 0 Å². The standard InChI is InChI=1S/2C3H6O4.Co/c2*4-1-2(5)3(6)7;/h2*2,4-5H,1H2,(H,6,7);/q;;+2/p-2. The first-order valence-electron chi connectivity index (χ1n) is 3.36. The molecule has 8 nitrogen and oxygen atoms in total. The van der Waals surface area contributed by atoms with Crippen molar-refractivity contribution in [3.05, 3.63) is 0 Å². The minimum Gasteiger partial charge on any atom is -0.547 e. The molecular weight excluding hydrogens is 259 g/mol. The summed E-state index contributed by atoms with van der Waals surface area (Å²) in [4.78, 5) is 18.8. The predicted octanol–water partition coefficient (Wildman–Crippen LogP) is -5.82. The first-order chi connectivity index (χ1) is 6.36. The van der Waals surface area contributed by atoms with E-state index in [-0.39, 0.29) is 16.8 Å². The molecule has 0 aromatic heterocycles. The summed E-state index contributed by atoms with van der Waals surface area (Å²) in [5, 5.41) is 50.5. The van der Waals surface area contributed by atoms with Gasteiger partial charge in [-0.15, -0.1) is 0 Å². The molecule has 0 heterocycles. The van der Waals surface area contributed by atoms with Gasteiger partial charge in [0, 0.05) is 0 Å². The molecule has 0 amide bonds. The number of hydrogen-bond acceptors (Lipinski definition) is 8. The fraction of sp³-hybridized carbons (Fsp3) is 0.667. The van der Waals surface area contributed by atoms with Crippen LogP contribution in [0, 0.1) is 0 Å². The Bertz CT molecular complexity index is 164. The Morgan fingerprint density at radius 1 is 0.933 bits per heavy atom. The Kier molecular flexibility index (Phi) is 15.0. The van der Waals surface area contributed by atoms with Crippen LogP contribution in [-0.4, -0.2) is 57.8 Å². The zero-order valence-corrected chi connectivity index (χ0v) is 8.37. The largest absolute Gasteiger partial charge is 2.00 e. The molecule has 0 aromatic carbocycles. The molecule has 0 aliphatic carbocycles. The third kappa shape index (κ3) is 13.3. The van der Waals surface area contributed by atoms with Crippen molar-refractivity contribution in [2.45, 2.75) is 12.2 Å². The molecule has 0 spiro atoms. The zero-order valence-electron chi connectivity index (χ0n) is 7.32. The Balaban J connectivity index is -0.000000180. The molecule has 0 aromatic rings. The van der Waals surface area contributed by atoms with Gasteiger partial charge in [-0.05, 0) is 0 Å². The normalized spacial score (nSPS) is 12.5. The number of rotatable bonds is 4. The summed E-state index contributed by atoms with van der Waals surface area (Å²) < 4.78 is 0. The van der Waals surface area contributed by atoms with Gasteiger partial charge in [0.2, 0.25) is 0 Å². The van der Waals surface area contributed by atoms with Crippen molar-refractivity contribution in [1.82, 2.24) is 0 Å². The number of aliphatic carboxylic acids is 2. The third-order valence-electron chi connectivity index (χ3n) is 0.890. The van der Waals surface area contributed by atoms with Crippen LogP contribution in [0.15, 0.2) is 0 Å². The molecule has 91 valence electrons. The van der Waals surface area contributed by atoms with Crippen molar-refractivity contribution in [2.75, 3.05) is 13.2 Å². The van der Waals surface area contributed by atoms with Crippen LogP contribution in [0.5, 0.6) is 0 Å². The molecule has 15 heavy (non-hydrogen) atoms. The third-order valence-corrected chi connectivity index (χ3v) is 0.890. The maximum atomic E-state index is 9.41.